The lowest BCUT2D eigenvalue weighted by Crippen LogP contribution is -2.35. The molecule has 1 N–H and O–H groups in total. The van der Waals surface area contributed by atoms with Crippen LogP contribution in [0.4, 0.5) is 0 Å². The van der Waals surface area contributed by atoms with Crippen molar-refractivity contribution < 1.29 is 9.78 Å². The highest BCUT2D eigenvalue weighted by molar-refractivity contribution is 4.80. The van der Waals surface area contributed by atoms with Crippen molar-refractivity contribution in [1.82, 2.24) is 5.32 Å². The summed E-state index contributed by atoms with van der Waals surface area (Å²) in [5.74, 6) is 0. The maximum Gasteiger partial charge on any atom is 0.200 e. The van der Waals surface area contributed by atoms with Gasteiger partial charge in [-0.1, -0.05) is 20.3 Å². The summed E-state index contributed by atoms with van der Waals surface area (Å²) in [7, 11) is 0. The Labute approximate surface area is 80.7 Å². The molecule has 1 radical (unpaired) electrons. The largest absolute Gasteiger partial charge is 0.280 e. The van der Waals surface area contributed by atoms with Crippen LogP contribution in [-0.2, 0) is 9.78 Å². The van der Waals surface area contributed by atoms with Gasteiger partial charge in [-0.3, -0.25) is 5.32 Å². The fourth-order valence-electron chi connectivity index (χ4n) is 1.50. The minimum atomic E-state index is 0.543. The molecule has 0 amide bonds. The molecule has 1 aliphatic heterocycles. The van der Waals surface area contributed by atoms with E-state index in [4.69, 9.17) is 9.78 Å². The lowest BCUT2D eigenvalue weighted by atomic mass is 10.1. The first-order valence-electron chi connectivity index (χ1n) is 5.28. The Bertz CT molecular complexity index is 121. The third kappa shape index (κ3) is 4.07. The predicted molar refractivity (Wildman–Crippen MR) is 51.6 cm³/mol. The van der Waals surface area contributed by atoms with Crippen molar-refractivity contribution in [3.63, 3.8) is 0 Å². The zero-order valence-electron chi connectivity index (χ0n) is 8.64. The maximum absolute atomic E-state index is 5.06. The van der Waals surface area contributed by atoms with Crippen molar-refractivity contribution in [1.29, 1.82) is 0 Å². The highest BCUT2D eigenvalue weighted by Gasteiger charge is 2.19. The molecule has 1 atom stereocenters. The van der Waals surface area contributed by atoms with Crippen LogP contribution in [0.15, 0.2) is 0 Å². The molecule has 0 aromatic heterocycles. The highest BCUT2D eigenvalue weighted by Crippen LogP contribution is 2.16. The van der Waals surface area contributed by atoms with Gasteiger partial charge < -0.3 is 0 Å². The van der Waals surface area contributed by atoms with E-state index in [-0.39, 0.29) is 0 Å². The highest BCUT2D eigenvalue weighted by atomic mass is 17.2. The number of hydrogen-bond donors (Lipinski definition) is 1. The van der Waals surface area contributed by atoms with Crippen molar-refractivity contribution in [2.24, 2.45) is 0 Å². The van der Waals surface area contributed by atoms with Gasteiger partial charge in [-0.2, -0.15) is 0 Å². The summed E-state index contributed by atoms with van der Waals surface area (Å²) < 4.78 is 0. The molecular weight excluding hydrogens is 166 g/mol. The van der Waals surface area contributed by atoms with E-state index < -0.39 is 0 Å². The molecule has 1 saturated heterocycles. The maximum atomic E-state index is 5.06. The summed E-state index contributed by atoms with van der Waals surface area (Å²) in [6.45, 7) is 5.11. The molecule has 0 aromatic rings. The van der Waals surface area contributed by atoms with Gasteiger partial charge in [0, 0.05) is 6.04 Å². The summed E-state index contributed by atoms with van der Waals surface area (Å²) in [4.78, 5) is 9.97. The van der Waals surface area contributed by atoms with Gasteiger partial charge in [0.1, 0.15) is 0 Å². The molecule has 3 nitrogen and oxygen atoms in total. The van der Waals surface area contributed by atoms with Gasteiger partial charge in [-0.05, 0) is 25.7 Å². The molecular formula is C10H20NO2. The monoisotopic (exact) mass is 186 g/mol. The molecule has 1 heterocycles. The van der Waals surface area contributed by atoms with Gasteiger partial charge in [0.25, 0.3) is 0 Å². The first kappa shape index (κ1) is 11.0. The summed E-state index contributed by atoms with van der Waals surface area (Å²) >= 11 is 0. The SMILES string of the molecule is CCCC(CC)N[C]1CCCOO1. The van der Waals surface area contributed by atoms with E-state index >= 15 is 0 Å². The Morgan fingerprint density at radius 2 is 2.31 bits per heavy atom. The first-order chi connectivity index (χ1) is 6.36. The topological polar surface area (TPSA) is 30.5 Å². The average Bonchev–Trinajstić information content (AvgIpc) is 2.19. The molecule has 1 unspecified atom stereocenters. The normalized spacial score (nSPS) is 21.7. The summed E-state index contributed by atoms with van der Waals surface area (Å²) in [6, 6.07) is 0.543. The lowest BCUT2D eigenvalue weighted by Gasteiger charge is -2.25. The molecule has 13 heavy (non-hydrogen) atoms. The Hall–Kier alpha value is -0.120. The molecule has 0 spiro atoms. The van der Waals surface area contributed by atoms with Crippen LogP contribution in [-0.4, -0.2) is 12.6 Å². The zero-order valence-corrected chi connectivity index (χ0v) is 8.64. The van der Waals surface area contributed by atoms with Crippen molar-refractivity contribution in [3.8, 4) is 0 Å². The van der Waals surface area contributed by atoms with Crippen LogP contribution >= 0.6 is 0 Å². The minimum absolute atomic E-state index is 0.543. The van der Waals surface area contributed by atoms with Crippen LogP contribution in [0, 0.1) is 6.23 Å². The van der Waals surface area contributed by atoms with Crippen LogP contribution in [0.1, 0.15) is 46.0 Å². The van der Waals surface area contributed by atoms with Gasteiger partial charge in [0.2, 0.25) is 0 Å². The van der Waals surface area contributed by atoms with Crippen molar-refractivity contribution in [3.05, 3.63) is 6.23 Å². The molecule has 0 aromatic carbocycles. The second-order valence-corrected chi connectivity index (χ2v) is 3.47. The average molecular weight is 186 g/mol. The van der Waals surface area contributed by atoms with Gasteiger partial charge >= 0.3 is 0 Å². The van der Waals surface area contributed by atoms with Crippen LogP contribution in [0.2, 0.25) is 0 Å². The van der Waals surface area contributed by atoms with E-state index in [0.717, 1.165) is 32.1 Å². The second-order valence-electron chi connectivity index (χ2n) is 3.47. The molecule has 1 aliphatic rings. The number of nitrogens with one attached hydrogen (secondary N) is 1. The first-order valence-corrected chi connectivity index (χ1v) is 5.28. The lowest BCUT2D eigenvalue weighted by molar-refractivity contribution is -0.312. The van der Waals surface area contributed by atoms with E-state index in [1.807, 2.05) is 0 Å². The van der Waals surface area contributed by atoms with Crippen molar-refractivity contribution >= 4 is 0 Å². The molecule has 0 bridgehead atoms. The fourth-order valence-corrected chi connectivity index (χ4v) is 1.50. The third-order valence-electron chi connectivity index (χ3n) is 2.29. The van der Waals surface area contributed by atoms with Gasteiger partial charge in [0.05, 0.1) is 6.61 Å². The fraction of sp³-hybridized carbons (Fsp3) is 0.900. The molecule has 1 fully saturated rings. The third-order valence-corrected chi connectivity index (χ3v) is 2.29. The molecule has 0 saturated carbocycles. The smallest absolute Gasteiger partial charge is 0.200 e. The van der Waals surface area contributed by atoms with Gasteiger partial charge in [-0.15, -0.1) is 0 Å². The summed E-state index contributed by atoms with van der Waals surface area (Å²) in [5.41, 5.74) is 0. The van der Waals surface area contributed by atoms with E-state index in [0.29, 0.717) is 6.04 Å². The van der Waals surface area contributed by atoms with E-state index in [1.165, 1.54) is 12.8 Å². The molecule has 3 heteroatoms. The van der Waals surface area contributed by atoms with Crippen LogP contribution in [0.25, 0.3) is 0 Å². The van der Waals surface area contributed by atoms with Crippen LogP contribution < -0.4 is 5.32 Å². The Morgan fingerprint density at radius 3 is 2.85 bits per heavy atom. The predicted octanol–water partition coefficient (Wildman–Crippen LogP) is 2.39. The molecule has 77 valence electrons. The Balaban J connectivity index is 2.18. The number of hydrogen-bond acceptors (Lipinski definition) is 3. The minimum Gasteiger partial charge on any atom is -0.280 e. The Kier molecular flexibility index (Phi) is 5.35. The van der Waals surface area contributed by atoms with Crippen molar-refractivity contribution in [2.45, 2.75) is 52.0 Å². The molecule has 1 rings (SSSR count). The summed E-state index contributed by atoms with van der Waals surface area (Å²) in [6.07, 6.45) is 6.50. The zero-order chi connectivity index (χ0) is 9.52. The van der Waals surface area contributed by atoms with Crippen LogP contribution in [0.5, 0.6) is 0 Å². The standard InChI is InChI=1S/C10H20NO2/c1-3-6-9(4-2)11-10-7-5-8-12-13-10/h9,11H,3-8H2,1-2H3. The van der Waals surface area contributed by atoms with E-state index in [1.54, 1.807) is 0 Å². The summed E-state index contributed by atoms with van der Waals surface area (Å²) in [5, 5.41) is 3.38. The quantitative estimate of drug-likeness (QED) is 0.669. The molecule has 0 aliphatic carbocycles. The van der Waals surface area contributed by atoms with E-state index in [9.17, 15) is 0 Å². The van der Waals surface area contributed by atoms with E-state index in [2.05, 4.69) is 19.2 Å². The van der Waals surface area contributed by atoms with Gasteiger partial charge in [0.15, 0.2) is 6.23 Å². The van der Waals surface area contributed by atoms with Crippen LogP contribution in [0.3, 0.4) is 0 Å². The second kappa shape index (κ2) is 6.35. The van der Waals surface area contributed by atoms with Gasteiger partial charge in [-0.25, -0.2) is 9.78 Å². The Morgan fingerprint density at radius 1 is 1.46 bits per heavy atom. The number of rotatable bonds is 5. The van der Waals surface area contributed by atoms with Crippen molar-refractivity contribution in [2.75, 3.05) is 6.61 Å².